The van der Waals surface area contributed by atoms with Gasteiger partial charge in [0.2, 0.25) is 0 Å². The molecule has 1 atom stereocenters. The van der Waals surface area contributed by atoms with E-state index in [4.69, 9.17) is 5.73 Å². The van der Waals surface area contributed by atoms with Crippen LogP contribution in [0, 0.1) is 0 Å². The van der Waals surface area contributed by atoms with Crippen molar-refractivity contribution in [3.05, 3.63) is 28.5 Å². The van der Waals surface area contributed by atoms with E-state index in [1.54, 1.807) is 6.20 Å². The number of rotatable bonds is 3. The first-order chi connectivity index (χ1) is 5.74. The number of hydrogen-bond acceptors (Lipinski definition) is 2. The van der Waals surface area contributed by atoms with Crippen molar-refractivity contribution in [3.63, 3.8) is 0 Å². The van der Waals surface area contributed by atoms with E-state index in [-0.39, 0.29) is 6.04 Å². The minimum Gasteiger partial charge on any atom is -0.324 e. The second-order valence-corrected chi connectivity index (χ2v) is 3.75. The fourth-order valence-corrected chi connectivity index (χ4v) is 1.49. The average Bonchev–Trinajstić information content (AvgIpc) is 2.05. The van der Waals surface area contributed by atoms with Gasteiger partial charge in [-0.05, 0) is 34.0 Å². The van der Waals surface area contributed by atoms with Crippen LogP contribution in [0.5, 0.6) is 0 Å². The van der Waals surface area contributed by atoms with Crippen LogP contribution >= 0.6 is 15.9 Å². The van der Waals surface area contributed by atoms with E-state index in [0.717, 1.165) is 22.9 Å². The van der Waals surface area contributed by atoms with Crippen LogP contribution in [0.25, 0.3) is 0 Å². The van der Waals surface area contributed by atoms with Gasteiger partial charge in [-0.25, -0.2) is 0 Å². The van der Waals surface area contributed by atoms with E-state index < -0.39 is 0 Å². The number of hydrogen-bond donors (Lipinski definition) is 1. The molecule has 0 aliphatic heterocycles. The maximum absolute atomic E-state index is 5.91. The topological polar surface area (TPSA) is 38.9 Å². The Morgan fingerprint density at radius 3 is 2.92 bits per heavy atom. The SMILES string of the molecule is CCC[C@H](N)c1cncc(Br)c1. The Bertz CT molecular complexity index is 250. The lowest BCUT2D eigenvalue weighted by atomic mass is 10.1. The molecule has 0 aliphatic rings. The first kappa shape index (κ1) is 9.68. The Morgan fingerprint density at radius 1 is 1.58 bits per heavy atom. The molecule has 66 valence electrons. The van der Waals surface area contributed by atoms with Gasteiger partial charge in [-0.2, -0.15) is 0 Å². The fourth-order valence-electron chi connectivity index (χ4n) is 1.11. The maximum atomic E-state index is 5.91. The summed E-state index contributed by atoms with van der Waals surface area (Å²) in [6.07, 6.45) is 5.71. The molecular weight excluding hydrogens is 216 g/mol. The van der Waals surface area contributed by atoms with Gasteiger partial charge in [0.25, 0.3) is 0 Å². The number of nitrogens with zero attached hydrogens (tertiary/aromatic N) is 1. The minimum absolute atomic E-state index is 0.125. The number of pyridine rings is 1. The third-order valence-electron chi connectivity index (χ3n) is 1.75. The van der Waals surface area contributed by atoms with Crippen molar-refractivity contribution in [2.45, 2.75) is 25.8 Å². The smallest absolute Gasteiger partial charge is 0.0410 e. The Morgan fingerprint density at radius 2 is 2.33 bits per heavy atom. The summed E-state index contributed by atoms with van der Waals surface area (Å²) in [5.74, 6) is 0. The highest BCUT2D eigenvalue weighted by Gasteiger charge is 2.04. The Hall–Kier alpha value is -0.410. The van der Waals surface area contributed by atoms with Crippen molar-refractivity contribution >= 4 is 15.9 Å². The molecule has 1 aromatic heterocycles. The average molecular weight is 229 g/mol. The molecule has 0 saturated carbocycles. The molecule has 0 unspecified atom stereocenters. The molecule has 1 aromatic rings. The van der Waals surface area contributed by atoms with Gasteiger partial charge in [0, 0.05) is 22.9 Å². The van der Waals surface area contributed by atoms with Gasteiger partial charge in [-0.3, -0.25) is 4.98 Å². The predicted octanol–water partition coefficient (Wildman–Crippen LogP) is 2.64. The molecule has 0 amide bonds. The van der Waals surface area contributed by atoms with Crippen LogP contribution in [-0.2, 0) is 0 Å². The highest BCUT2D eigenvalue weighted by atomic mass is 79.9. The van der Waals surface area contributed by atoms with E-state index in [2.05, 4.69) is 27.8 Å². The zero-order valence-corrected chi connectivity index (χ0v) is 8.71. The molecule has 0 radical (unpaired) electrons. The van der Waals surface area contributed by atoms with E-state index in [9.17, 15) is 0 Å². The van der Waals surface area contributed by atoms with E-state index in [1.807, 2.05) is 12.3 Å². The summed E-state index contributed by atoms with van der Waals surface area (Å²) in [4.78, 5) is 4.06. The van der Waals surface area contributed by atoms with Gasteiger partial charge in [-0.1, -0.05) is 13.3 Å². The molecule has 0 fully saturated rings. The third kappa shape index (κ3) is 2.57. The lowest BCUT2D eigenvalue weighted by Gasteiger charge is -2.09. The van der Waals surface area contributed by atoms with Gasteiger partial charge < -0.3 is 5.73 Å². The van der Waals surface area contributed by atoms with Crippen molar-refractivity contribution in [2.24, 2.45) is 5.73 Å². The first-order valence-corrected chi connectivity index (χ1v) is 4.89. The predicted molar refractivity (Wildman–Crippen MR) is 53.8 cm³/mol. The number of halogens is 1. The van der Waals surface area contributed by atoms with Gasteiger partial charge in [-0.15, -0.1) is 0 Å². The molecule has 2 nitrogen and oxygen atoms in total. The van der Waals surface area contributed by atoms with Crippen molar-refractivity contribution in [1.29, 1.82) is 0 Å². The number of nitrogens with two attached hydrogens (primary N) is 1. The normalized spacial score (nSPS) is 12.9. The van der Waals surface area contributed by atoms with Crippen LogP contribution in [0.4, 0.5) is 0 Å². The standard InChI is InChI=1S/C9H13BrN2/c1-2-3-9(11)7-4-8(10)6-12-5-7/h4-6,9H,2-3,11H2,1H3/t9-/m0/s1. The van der Waals surface area contributed by atoms with Crippen LogP contribution in [0.1, 0.15) is 31.4 Å². The summed E-state index contributed by atoms with van der Waals surface area (Å²) >= 11 is 3.36. The van der Waals surface area contributed by atoms with E-state index in [0.29, 0.717) is 0 Å². The number of aromatic nitrogens is 1. The lowest BCUT2D eigenvalue weighted by Crippen LogP contribution is -2.09. The van der Waals surface area contributed by atoms with Gasteiger partial charge in [0.1, 0.15) is 0 Å². The highest BCUT2D eigenvalue weighted by molar-refractivity contribution is 9.10. The summed E-state index contributed by atoms with van der Waals surface area (Å²) in [6, 6.07) is 2.15. The molecule has 0 aromatic carbocycles. The van der Waals surface area contributed by atoms with Crippen LogP contribution in [0.15, 0.2) is 22.9 Å². The molecule has 0 saturated heterocycles. The minimum atomic E-state index is 0.125. The van der Waals surface area contributed by atoms with Crippen molar-refractivity contribution in [2.75, 3.05) is 0 Å². The fraction of sp³-hybridized carbons (Fsp3) is 0.444. The van der Waals surface area contributed by atoms with Gasteiger partial charge >= 0.3 is 0 Å². The molecular formula is C9H13BrN2. The van der Waals surface area contributed by atoms with E-state index in [1.165, 1.54) is 0 Å². The van der Waals surface area contributed by atoms with E-state index >= 15 is 0 Å². The second-order valence-electron chi connectivity index (χ2n) is 2.83. The molecule has 3 heteroatoms. The highest BCUT2D eigenvalue weighted by Crippen LogP contribution is 2.18. The van der Waals surface area contributed by atoms with Crippen LogP contribution < -0.4 is 5.73 Å². The Balaban J connectivity index is 2.73. The Kier molecular flexibility index (Phi) is 3.69. The van der Waals surface area contributed by atoms with Gasteiger partial charge in [0.05, 0.1) is 0 Å². The molecule has 12 heavy (non-hydrogen) atoms. The van der Waals surface area contributed by atoms with Crippen molar-refractivity contribution in [1.82, 2.24) is 4.98 Å². The summed E-state index contributed by atoms with van der Waals surface area (Å²) in [5.41, 5.74) is 7.02. The summed E-state index contributed by atoms with van der Waals surface area (Å²) < 4.78 is 0.992. The van der Waals surface area contributed by atoms with Crippen LogP contribution in [0.3, 0.4) is 0 Å². The summed E-state index contributed by atoms with van der Waals surface area (Å²) in [5, 5.41) is 0. The van der Waals surface area contributed by atoms with Crippen LogP contribution in [-0.4, -0.2) is 4.98 Å². The lowest BCUT2D eigenvalue weighted by molar-refractivity contribution is 0.636. The zero-order chi connectivity index (χ0) is 8.97. The maximum Gasteiger partial charge on any atom is 0.0410 e. The molecule has 1 heterocycles. The molecule has 0 aliphatic carbocycles. The van der Waals surface area contributed by atoms with Crippen molar-refractivity contribution < 1.29 is 0 Å². The monoisotopic (exact) mass is 228 g/mol. The quantitative estimate of drug-likeness (QED) is 0.865. The molecule has 2 N–H and O–H groups in total. The molecule has 0 spiro atoms. The Labute approximate surface area is 81.3 Å². The summed E-state index contributed by atoms with van der Waals surface area (Å²) in [6.45, 7) is 2.13. The first-order valence-electron chi connectivity index (χ1n) is 4.10. The van der Waals surface area contributed by atoms with Gasteiger partial charge in [0.15, 0.2) is 0 Å². The third-order valence-corrected chi connectivity index (χ3v) is 2.19. The molecule has 1 rings (SSSR count). The zero-order valence-electron chi connectivity index (χ0n) is 7.13. The van der Waals surface area contributed by atoms with Crippen molar-refractivity contribution in [3.8, 4) is 0 Å². The second kappa shape index (κ2) is 4.58. The largest absolute Gasteiger partial charge is 0.324 e. The molecule has 0 bridgehead atoms. The summed E-state index contributed by atoms with van der Waals surface area (Å²) in [7, 11) is 0. The van der Waals surface area contributed by atoms with Crippen LogP contribution in [0.2, 0.25) is 0 Å².